The summed E-state index contributed by atoms with van der Waals surface area (Å²) in [6.07, 6.45) is 4.19. The highest BCUT2D eigenvalue weighted by Gasteiger charge is 2.21. The summed E-state index contributed by atoms with van der Waals surface area (Å²) in [6.45, 7) is 1.90. The Balaban J connectivity index is 1.72. The molecule has 0 spiro atoms. The summed E-state index contributed by atoms with van der Waals surface area (Å²) in [4.78, 5) is 27.2. The lowest BCUT2D eigenvalue weighted by atomic mass is 9.97. The van der Waals surface area contributed by atoms with E-state index in [-0.39, 0.29) is 17.9 Å². The molecule has 122 valence electrons. The van der Waals surface area contributed by atoms with E-state index in [0.717, 1.165) is 36.8 Å². The fourth-order valence-corrected chi connectivity index (χ4v) is 4.37. The zero-order chi connectivity index (χ0) is 16.7. The Bertz CT molecular complexity index is 986. The molecule has 3 aromatic rings. The molecular formula is C18H17N3O2S. The molecule has 2 aromatic heterocycles. The summed E-state index contributed by atoms with van der Waals surface area (Å²) in [5.41, 5.74) is 2.61. The molecule has 1 aromatic carbocycles. The molecule has 2 heterocycles. The first-order chi connectivity index (χ1) is 11.6. The lowest BCUT2D eigenvalue weighted by Crippen LogP contribution is -2.28. The van der Waals surface area contributed by atoms with E-state index in [4.69, 9.17) is 0 Å². The summed E-state index contributed by atoms with van der Waals surface area (Å²) in [5, 5.41) is 8.83. The average molecular weight is 339 g/mol. The van der Waals surface area contributed by atoms with Crippen LogP contribution in [0.4, 0.5) is 0 Å². The van der Waals surface area contributed by atoms with Crippen LogP contribution >= 0.6 is 11.3 Å². The van der Waals surface area contributed by atoms with Crippen molar-refractivity contribution in [2.75, 3.05) is 0 Å². The van der Waals surface area contributed by atoms with Crippen LogP contribution in [0.25, 0.3) is 10.2 Å². The first kappa shape index (κ1) is 15.2. The van der Waals surface area contributed by atoms with E-state index in [2.05, 4.69) is 10.3 Å². The average Bonchev–Trinajstić information content (AvgIpc) is 2.97. The van der Waals surface area contributed by atoms with Gasteiger partial charge in [-0.2, -0.15) is 0 Å². The minimum atomic E-state index is -0.195. The molecule has 0 radical (unpaired) electrons. The van der Waals surface area contributed by atoms with Crippen molar-refractivity contribution < 1.29 is 4.79 Å². The van der Waals surface area contributed by atoms with Crippen LogP contribution in [-0.4, -0.2) is 20.8 Å². The van der Waals surface area contributed by atoms with E-state index in [9.17, 15) is 9.59 Å². The molecule has 0 bridgehead atoms. The van der Waals surface area contributed by atoms with Gasteiger partial charge in [0.25, 0.3) is 5.56 Å². The minimum absolute atomic E-state index is 0.0740. The van der Waals surface area contributed by atoms with Crippen molar-refractivity contribution in [2.24, 2.45) is 0 Å². The minimum Gasteiger partial charge on any atom is -0.292 e. The molecule has 5 nitrogen and oxygen atoms in total. The summed E-state index contributed by atoms with van der Waals surface area (Å²) in [7, 11) is 0. The van der Waals surface area contributed by atoms with E-state index in [1.807, 2.05) is 19.1 Å². The SMILES string of the molecule is Cc1ccc(C(=O)Cn2nnc3sc4c(c3c2=O)CCCC4)cc1. The molecule has 0 amide bonds. The number of nitrogens with zero attached hydrogens (tertiary/aromatic N) is 3. The number of carbonyl (C=O) groups is 1. The highest BCUT2D eigenvalue weighted by Crippen LogP contribution is 2.33. The third kappa shape index (κ3) is 2.57. The molecule has 0 unspecified atom stereocenters. The molecule has 0 atom stereocenters. The Morgan fingerprint density at radius 1 is 1.21 bits per heavy atom. The molecule has 6 heteroatoms. The van der Waals surface area contributed by atoms with Crippen molar-refractivity contribution in [1.29, 1.82) is 0 Å². The molecule has 4 rings (SSSR count). The number of hydrogen-bond acceptors (Lipinski definition) is 5. The summed E-state index contributed by atoms with van der Waals surface area (Å²) in [5.74, 6) is -0.130. The smallest absolute Gasteiger partial charge is 0.279 e. The Kier molecular flexibility index (Phi) is 3.76. The molecule has 0 saturated heterocycles. The summed E-state index contributed by atoms with van der Waals surface area (Å²) in [6, 6.07) is 7.34. The normalized spacial score (nSPS) is 13.9. The molecule has 24 heavy (non-hydrogen) atoms. The van der Waals surface area contributed by atoms with Crippen LogP contribution in [0.3, 0.4) is 0 Å². The van der Waals surface area contributed by atoms with Gasteiger partial charge in [-0.25, -0.2) is 4.68 Å². The van der Waals surface area contributed by atoms with E-state index in [1.54, 1.807) is 23.5 Å². The van der Waals surface area contributed by atoms with Crippen molar-refractivity contribution in [3.05, 3.63) is 56.2 Å². The van der Waals surface area contributed by atoms with Crippen LogP contribution < -0.4 is 5.56 Å². The highest BCUT2D eigenvalue weighted by molar-refractivity contribution is 7.18. The van der Waals surface area contributed by atoms with Crippen LogP contribution in [0, 0.1) is 6.92 Å². The summed E-state index contributed by atoms with van der Waals surface area (Å²) < 4.78 is 1.20. The van der Waals surface area contributed by atoms with Crippen LogP contribution in [0.15, 0.2) is 29.1 Å². The van der Waals surface area contributed by atoms with Crippen molar-refractivity contribution in [2.45, 2.75) is 39.2 Å². The maximum atomic E-state index is 12.8. The lowest BCUT2D eigenvalue weighted by Gasteiger charge is -2.10. The van der Waals surface area contributed by atoms with Crippen molar-refractivity contribution in [1.82, 2.24) is 15.0 Å². The fourth-order valence-electron chi connectivity index (χ4n) is 3.18. The van der Waals surface area contributed by atoms with E-state index < -0.39 is 0 Å². The molecule has 1 aliphatic carbocycles. The zero-order valence-electron chi connectivity index (χ0n) is 13.4. The van der Waals surface area contributed by atoms with Gasteiger partial charge in [-0.05, 0) is 38.2 Å². The van der Waals surface area contributed by atoms with Crippen molar-refractivity contribution in [3.63, 3.8) is 0 Å². The van der Waals surface area contributed by atoms with E-state index in [1.165, 1.54) is 9.56 Å². The van der Waals surface area contributed by atoms with Gasteiger partial charge < -0.3 is 0 Å². The number of aromatic nitrogens is 3. The van der Waals surface area contributed by atoms with Gasteiger partial charge in [0.1, 0.15) is 6.54 Å². The Morgan fingerprint density at radius 2 is 1.96 bits per heavy atom. The van der Waals surface area contributed by atoms with Gasteiger partial charge in [0, 0.05) is 10.4 Å². The molecule has 0 fully saturated rings. The van der Waals surface area contributed by atoms with Gasteiger partial charge in [0.15, 0.2) is 10.6 Å². The number of ketones is 1. The molecule has 1 aliphatic rings. The Labute approximate surface area is 142 Å². The second kappa shape index (κ2) is 5.94. The van der Waals surface area contributed by atoms with Gasteiger partial charge >= 0.3 is 0 Å². The maximum Gasteiger partial charge on any atom is 0.279 e. The fraction of sp³-hybridized carbons (Fsp3) is 0.333. The molecular weight excluding hydrogens is 322 g/mol. The Morgan fingerprint density at radius 3 is 2.75 bits per heavy atom. The quantitative estimate of drug-likeness (QED) is 0.688. The topological polar surface area (TPSA) is 64.8 Å². The van der Waals surface area contributed by atoms with Gasteiger partial charge in [-0.15, -0.1) is 16.4 Å². The third-order valence-electron chi connectivity index (χ3n) is 4.51. The molecule has 0 N–H and O–H groups in total. The van der Waals surface area contributed by atoms with Gasteiger partial charge in [0.2, 0.25) is 0 Å². The number of aryl methyl sites for hydroxylation is 3. The predicted molar refractivity (Wildman–Crippen MR) is 93.8 cm³/mol. The Hall–Kier alpha value is -2.34. The standard InChI is InChI=1S/C18H17N3O2S/c1-11-6-8-12(9-7-11)14(22)10-21-18(23)16-13-4-2-3-5-15(13)24-17(16)19-20-21/h6-9H,2-5,10H2,1H3. The number of thiophene rings is 1. The van der Waals surface area contributed by atoms with Gasteiger partial charge in [-0.1, -0.05) is 35.0 Å². The van der Waals surface area contributed by atoms with Crippen LogP contribution in [0.1, 0.15) is 39.2 Å². The second-order valence-corrected chi connectivity index (χ2v) is 7.32. The maximum absolute atomic E-state index is 12.8. The van der Waals surface area contributed by atoms with E-state index in [0.29, 0.717) is 15.8 Å². The van der Waals surface area contributed by atoms with Crippen LogP contribution in [-0.2, 0) is 19.4 Å². The first-order valence-corrected chi connectivity index (χ1v) is 8.93. The van der Waals surface area contributed by atoms with E-state index >= 15 is 0 Å². The first-order valence-electron chi connectivity index (χ1n) is 8.11. The number of benzene rings is 1. The number of rotatable bonds is 3. The molecule has 0 aliphatic heterocycles. The van der Waals surface area contributed by atoms with Crippen LogP contribution in [0.2, 0.25) is 0 Å². The van der Waals surface area contributed by atoms with Crippen molar-refractivity contribution >= 4 is 27.3 Å². The summed E-state index contributed by atoms with van der Waals surface area (Å²) >= 11 is 1.57. The largest absolute Gasteiger partial charge is 0.292 e. The van der Waals surface area contributed by atoms with Crippen LogP contribution in [0.5, 0.6) is 0 Å². The molecule has 0 saturated carbocycles. The number of hydrogen-bond donors (Lipinski definition) is 0. The lowest BCUT2D eigenvalue weighted by molar-refractivity contribution is 0.0964. The highest BCUT2D eigenvalue weighted by atomic mass is 32.1. The second-order valence-electron chi connectivity index (χ2n) is 6.23. The monoisotopic (exact) mass is 339 g/mol. The third-order valence-corrected chi connectivity index (χ3v) is 5.69. The van der Waals surface area contributed by atoms with Crippen molar-refractivity contribution in [3.8, 4) is 0 Å². The van der Waals surface area contributed by atoms with Gasteiger partial charge in [-0.3, -0.25) is 9.59 Å². The zero-order valence-corrected chi connectivity index (χ0v) is 14.2. The number of Topliss-reactive ketones (excluding diaryl/α,β-unsaturated/α-hetero) is 1. The predicted octanol–water partition coefficient (Wildman–Crippen LogP) is 2.92. The van der Waals surface area contributed by atoms with Gasteiger partial charge in [0.05, 0.1) is 5.39 Å². The number of fused-ring (bicyclic) bond motifs is 3. The number of carbonyl (C=O) groups excluding carboxylic acids is 1.